The second-order valence-corrected chi connectivity index (χ2v) is 1.53. The minimum atomic E-state index is -1.01. The highest BCUT2D eigenvalue weighted by atomic mass is 16.6. The first-order valence-corrected chi connectivity index (χ1v) is 2.41. The molecule has 9 heavy (non-hydrogen) atoms. The van der Waals surface area contributed by atoms with Crippen LogP contribution in [0.3, 0.4) is 0 Å². The largest absolute Gasteiger partial charge is 0.478 e. The van der Waals surface area contributed by atoms with Gasteiger partial charge in [0, 0.05) is 12.0 Å². The maximum Gasteiger partial charge on any atom is 0.331 e. The van der Waals surface area contributed by atoms with Crippen LogP contribution in [0.4, 0.5) is 0 Å². The third-order valence-electron chi connectivity index (χ3n) is 0.824. The quantitative estimate of drug-likeness (QED) is 0.413. The predicted octanol–water partition coefficient (Wildman–Crippen LogP) is -0.0924. The summed E-state index contributed by atoms with van der Waals surface area (Å²) in [6.07, 6.45) is 0.270. The van der Waals surface area contributed by atoms with Gasteiger partial charge < -0.3 is 9.94 Å². The van der Waals surface area contributed by atoms with Gasteiger partial charge >= 0.3 is 5.97 Å². The van der Waals surface area contributed by atoms with Gasteiger partial charge in [0.2, 0.25) is 0 Å². The Balaban J connectivity index is 3.39. The molecule has 0 spiro atoms. The lowest BCUT2D eigenvalue weighted by molar-refractivity contribution is -0.132. The van der Waals surface area contributed by atoms with Gasteiger partial charge in [-0.15, -0.1) is 0 Å². The second-order valence-electron chi connectivity index (χ2n) is 1.53. The fraction of sp³-hybridized carbons (Fsp3) is 0.400. The fourth-order valence-electron chi connectivity index (χ4n) is 0.289. The number of hydrogen-bond donors (Lipinski definition) is 2. The summed E-state index contributed by atoms with van der Waals surface area (Å²) in [5.41, 5.74) is 0.112. The Kier molecular flexibility index (Phi) is 3.66. The van der Waals surface area contributed by atoms with E-state index in [1.54, 1.807) is 0 Å². The molecule has 4 heteroatoms. The molecule has 4 nitrogen and oxygen atoms in total. The fourth-order valence-corrected chi connectivity index (χ4v) is 0.289. The molecular formula is C5H9NO3. The molecule has 0 atom stereocenters. The van der Waals surface area contributed by atoms with Crippen LogP contribution in [0.2, 0.25) is 0 Å². The van der Waals surface area contributed by atoms with Gasteiger partial charge in [-0.25, -0.2) is 10.7 Å². The maximum absolute atomic E-state index is 10.0. The highest BCUT2D eigenvalue weighted by molar-refractivity contribution is 5.85. The van der Waals surface area contributed by atoms with Gasteiger partial charge in [-0.05, 0) is 0 Å². The van der Waals surface area contributed by atoms with E-state index in [0.717, 1.165) is 0 Å². The van der Waals surface area contributed by atoms with Gasteiger partial charge in [-0.2, -0.15) is 0 Å². The van der Waals surface area contributed by atoms with Gasteiger partial charge in [-0.1, -0.05) is 6.58 Å². The van der Waals surface area contributed by atoms with Gasteiger partial charge in [0.05, 0.1) is 6.61 Å². The number of carboxylic acids is 1. The molecule has 0 aliphatic rings. The zero-order chi connectivity index (χ0) is 7.28. The molecule has 0 bridgehead atoms. The molecule has 0 fully saturated rings. The Morgan fingerprint density at radius 3 is 2.67 bits per heavy atom. The molecule has 0 aromatic heterocycles. The number of carboxylic acid groups (broad SMARTS) is 1. The summed E-state index contributed by atoms with van der Waals surface area (Å²) in [4.78, 5) is 14.1. The zero-order valence-corrected chi connectivity index (χ0v) is 4.96. The molecule has 0 heterocycles. The van der Waals surface area contributed by atoms with Gasteiger partial charge in [0.15, 0.2) is 0 Å². The highest BCUT2D eigenvalue weighted by Gasteiger charge is 2.01. The van der Waals surface area contributed by atoms with Crippen LogP contribution in [0.15, 0.2) is 12.2 Å². The van der Waals surface area contributed by atoms with Crippen LogP contribution in [0, 0.1) is 0 Å². The summed E-state index contributed by atoms with van der Waals surface area (Å²) >= 11 is 0. The van der Waals surface area contributed by atoms with Crippen molar-refractivity contribution < 1.29 is 14.7 Å². The molecule has 0 aliphatic heterocycles. The van der Waals surface area contributed by atoms with Crippen LogP contribution >= 0.6 is 0 Å². The average molecular weight is 131 g/mol. The number of hydrogen-bond acceptors (Lipinski definition) is 3. The van der Waals surface area contributed by atoms with Crippen molar-refractivity contribution in [2.45, 2.75) is 6.42 Å². The first kappa shape index (κ1) is 8.13. The normalized spacial score (nSPS) is 9.00. The maximum atomic E-state index is 10.0. The molecule has 0 aromatic rings. The molecule has 0 amide bonds. The minimum Gasteiger partial charge on any atom is -0.478 e. The van der Waals surface area contributed by atoms with Crippen molar-refractivity contribution in [3.8, 4) is 0 Å². The van der Waals surface area contributed by atoms with Crippen LogP contribution in [0.25, 0.3) is 0 Å². The first-order valence-electron chi connectivity index (χ1n) is 2.41. The van der Waals surface area contributed by atoms with Crippen molar-refractivity contribution >= 4 is 5.97 Å². The molecule has 52 valence electrons. The SMILES string of the molecule is C=C(CCON)C(=O)O. The van der Waals surface area contributed by atoms with Gasteiger partial charge in [-0.3, -0.25) is 0 Å². The van der Waals surface area contributed by atoms with Crippen molar-refractivity contribution in [1.82, 2.24) is 0 Å². The van der Waals surface area contributed by atoms with Gasteiger partial charge in [0.1, 0.15) is 0 Å². The summed E-state index contributed by atoms with van der Waals surface area (Å²) < 4.78 is 0. The summed E-state index contributed by atoms with van der Waals surface area (Å²) in [7, 11) is 0. The van der Waals surface area contributed by atoms with E-state index in [2.05, 4.69) is 17.3 Å². The van der Waals surface area contributed by atoms with Gasteiger partial charge in [0.25, 0.3) is 0 Å². The summed E-state index contributed by atoms with van der Waals surface area (Å²) in [5.74, 6) is 3.64. The molecule has 0 saturated heterocycles. The first-order chi connectivity index (χ1) is 4.18. The molecule has 0 rings (SSSR count). The van der Waals surface area contributed by atoms with Crippen LogP contribution in [-0.4, -0.2) is 17.7 Å². The molecular weight excluding hydrogens is 122 g/mol. The Morgan fingerprint density at radius 2 is 2.33 bits per heavy atom. The van der Waals surface area contributed by atoms with E-state index in [-0.39, 0.29) is 18.6 Å². The lowest BCUT2D eigenvalue weighted by Gasteiger charge is -1.95. The summed E-state index contributed by atoms with van der Waals surface area (Å²) in [5, 5.41) is 8.21. The molecule has 0 saturated carbocycles. The molecule has 0 aromatic carbocycles. The Bertz CT molecular complexity index is 121. The minimum absolute atomic E-state index is 0.112. The number of carbonyl (C=O) groups is 1. The third-order valence-corrected chi connectivity index (χ3v) is 0.824. The Hall–Kier alpha value is -0.870. The van der Waals surface area contributed by atoms with Crippen molar-refractivity contribution in [3.05, 3.63) is 12.2 Å². The van der Waals surface area contributed by atoms with Crippen LogP contribution in [0.5, 0.6) is 0 Å². The standard InChI is InChI=1S/C5H9NO3/c1-4(5(7)8)2-3-9-6/h1-3,6H2,(H,7,8). The van der Waals surface area contributed by atoms with E-state index in [4.69, 9.17) is 5.11 Å². The molecule has 0 aliphatic carbocycles. The zero-order valence-electron chi connectivity index (χ0n) is 4.96. The van der Waals surface area contributed by atoms with E-state index < -0.39 is 5.97 Å². The van der Waals surface area contributed by atoms with Crippen molar-refractivity contribution in [2.24, 2.45) is 5.90 Å². The molecule has 0 unspecified atom stereocenters. The Morgan fingerprint density at radius 1 is 1.78 bits per heavy atom. The lowest BCUT2D eigenvalue weighted by atomic mass is 10.2. The van der Waals surface area contributed by atoms with E-state index >= 15 is 0 Å². The smallest absolute Gasteiger partial charge is 0.331 e. The van der Waals surface area contributed by atoms with E-state index in [0.29, 0.717) is 0 Å². The molecule has 3 N–H and O–H groups in total. The highest BCUT2D eigenvalue weighted by Crippen LogP contribution is 1.95. The topological polar surface area (TPSA) is 72.5 Å². The second kappa shape index (κ2) is 4.05. The van der Waals surface area contributed by atoms with E-state index in [1.165, 1.54) is 0 Å². The lowest BCUT2D eigenvalue weighted by Crippen LogP contribution is -2.06. The number of rotatable bonds is 4. The monoisotopic (exact) mass is 131 g/mol. The number of aliphatic carboxylic acids is 1. The van der Waals surface area contributed by atoms with E-state index in [9.17, 15) is 4.79 Å². The summed E-state index contributed by atoms with van der Waals surface area (Å²) in [6.45, 7) is 3.46. The number of nitrogens with two attached hydrogens (primary N) is 1. The Labute approximate surface area is 52.9 Å². The van der Waals surface area contributed by atoms with Crippen molar-refractivity contribution in [2.75, 3.05) is 6.61 Å². The van der Waals surface area contributed by atoms with Crippen LogP contribution < -0.4 is 5.90 Å². The average Bonchev–Trinajstić information content (AvgIpc) is 1.82. The van der Waals surface area contributed by atoms with Crippen molar-refractivity contribution in [3.63, 3.8) is 0 Å². The molecule has 0 radical (unpaired) electrons. The predicted molar refractivity (Wildman–Crippen MR) is 31.5 cm³/mol. The van der Waals surface area contributed by atoms with Crippen LogP contribution in [0.1, 0.15) is 6.42 Å². The third kappa shape index (κ3) is 3.69. The van der Waals surface area contributed by atoms with E-state index in [1.807, 2.05) is 0 Å². The van der Waals surface area contributed by atoms with Crippen molar-refractivity contribution in [1.29, 1.82) is 0 Å². The summed E-state index contributed by atoms with van der Waals surface area (Å²) in [6, 6.07) is 0. The van der Waals surface area contributed by atoms with Crippen LogP contribution in [-0.2, 0) is 9.63 Å².